The molecular formula is C19H21N3O3. The fourth-order valence-electron chi connectivity index (χ4n) is 3.58. The van der Waals surface area contributed by atoms with Crippen molar-refractivity contribution in [1.29, 1.82) is 0 Å². The van der Waals surface area contributed by atoms with Crippen molar-refractivity contribution in [2.24, 2.45) is 0 Å². The van der Waals surface area contributed by atoms with Crippen LogP contribution < -0.4 is 5.32 Å². The number of imidazole rings is 1. The van der Waals surface area contributed by atoms with Gasteiger partial charge in [0.15, 0.2) is 0 Å². The van der Waals surface area contributed by atoms with E-state index in [4.69, 9.17) is 14.1 Å². The van der Waals surface area contributed by atoms with Crippen LogP contribution in [0.2, 0.25) is 0 Å². The number of esters is 1. The fraction of sp³-hybridized carbons (Fsp3) is 0.368. The number of ether oxygens (including phenoxy) is 1. The highest BCUT2D eigenvalue weighted by Gasteiger charge is 2.23. The maximum Gasteiger partial charge on any atom is 0.337 e. The van der Waals surface area contributed by atoms with E-state index in [0.29, 0.717) is 18.2 Å². The second-order valence-electron chi connectivity index (χ2n) is 6.37. The van der Waals surface area contributed by atoms with E-state index in [0.717, 1.165) is 35.6 Å². The summed E-state index contributed by atoms with van der Waals surface area (Å²) >= 11 is 0. The summed E-state index contributed by atoms with van der Waals surface area (Å²) in [6, 6.07) is 9.81. The first-order valence-corrected chi connectivity index (χ1v) is 8.63. The van der Waals surface area contributed by atoms with Crippen molar-refractivity contribution in [2.75, 3.05) is 12.4 Å². The SMILES string of the molecule is COC(=O)c1ccc2c(c1)nc(NCc1ccco1)n2C1CCCC1. The molecule has 2 heterocycles. The van der Waals surface area contributed by atoms with Crippen molar-refractivity contribution in [3.05, 3.63) is 47.9 Å². The minimum absolute atomic E-state index is 0.345. The van der Waals surface area contributed by atoms with E-state index in [1.165, 1.54) is 20.0 Å². The molecule has 0 unspecified atom stereocenters. The Morgan fingerprint density at radius 1 is 1.36 bits per heavy atom. The predicted octanol–water partition coefficient (Wildman–Crippen LogP) is 4.14. The molecule has 25 heavy (non-hydrogen) atoms. The molecule has 1 aliphatic rings. The first-order chi connectivity index (χ1) is 12.3. The zero-order valence-corrected chi connectivity index (χ0v) is 14.2. The largest absolute Gasteiger partial charge is 0.467 e. The van der Waals surface area contributed by atoms with E-state index in [1.807, 2.05) is 18.2 Å². The van der Waals surface area contributed by atoms with Gasteiger partial charge in [0.05, 0.1) is 36.5 Å². The molecule has 130 valence electrons. The van der Waals surface area contributed by atoms with Crippen molar-refractivity contribution >= 4 is 23.0 Å². The van der Waals surface area contributed by atoms with E-state index in [-0.39, 0.29) is 5.97 Å². The number of fused-ring (bicyclic) bond motifs is 1. The number of aromatic nitrogens is 2. The molecular weight excluding hydrogens is 318 g/mol. The molecule has 1 N–H and O–H groups in total. The lowest BCUT2D eigenvalue weighted by Crippen LogP contribution is -2.11. The molecule has 0 radical (unpaired) electrons. The third-order valence-electron chi connectivity index (χ3n) is 4.80. The average Bonchev–Trinajstić information content (AvgIpc) is 3.38. The van der Waals surface area contributed by atoms with Crippen LogP contribution >= 0.6 is 0 Å². The molecule has 0 spiro atoms. The maximum absolute atomic E-state index is 11.8. The van der Waals surface area contributed by atoms with E-state index in [9.17, 15) is 4.79 Å². The summed E-state index contributed by atoms with van der Waals surface area (Å²) in [5, 5.41) is 3.39. The van der Waals surface area contributed by atoms with Gasteiger partial charge in [0.2, 0.25) is 5.95 Å². The topological polar surface area (TPSA) is 69.3 Å². The summed E-state index contributed by atoms with van der Waals surface area (Å²) in [7, 11) is 1.39. The third kappa shape index (κ3) is 2.99. The van der Waals surface area contributed by atoms with Crippen LogP contribution in [-0.2, 0) is 11.3 Å². The number of benzene rings is 1. The summed E-state index contributed by atoms with van der Waals surface area (Å²) < 4.78 is 12.5. The van der Waals surface area contributed by atoms with Gasteiger partial charge in [-0.25, -0.2) is 9.78 Å². The predicted molar refractivity (Wildman–Crippen MR) is 94.6 cm³/mol. The number of nitrogens with one attached hydrogen (secondary N) is 1. The first kappa shape index (κ1) is 15.7. The van der Waals surface area contributed by atoms with E-state index in [1.54, 1.807) is 18.4 Å². The molecule has 1 aromatic carbocycles. The number of hydrogen-bond acceptors (Lipinski definition) is 5. The molecule has 0 saturated heterocycles. The highest BCUT2D eigenvalue weighted by molar-refractivity contribution is 5.94. The molecule has 1 fully saturated rings. The van der Waals surface area contributed by atoms with Gasteiger partial charge in [0.1, 0.15) is 5.76 Å². The number of nitrogens with zero attached hydrogens (tertiary/aromatic N) is 2. The number of methoxy groups -OCH3 is 1. The summed E-state index contributed by atoms with van der Waals surface area (Å²) in [6.45, 7) is 0.576. The Hall–Kier alpha value is -2.76. The maximum atomic E-state index is 11.8. The van der Waals surface area contributed by atoms with Crippen LogP contribution in [0.4, 0.5) is 5.95 Å². The second kappa shape index (κ2) is 6.63. The standard InChI is InChI=1S/C19H21N3O3/c1-24-18(23)13-8-9-17-16(11-13)21-19(20-12-15-7-4-10-25-15)22(17)14-5-2-3-6-14/h4,7-11,14H,2-3,5-6,12H2,1H3,(H,20,21). The summed E-state index contributed by atoms with van der Waals surface area (Å²) in [4.78, 5) is 16.5. The third-order valence-corrected chi connectivity index (χ3v) is 4.80. The Balaban J connectivity index is 1.73. The number of furan rings is 1. The molecule has 4 rings (SSSR count). The Labute approximate surface area is 145 Å². The van der Waals surface area contributed by atoms with Crippen molar-refractivity contribution in [3.63, 3.8) is 0 Å². The number of anilines is 1. The quantitative estimate of drug-likeness (QED) is 0.707. The van der Waals surface area contributed by atoms with Crippen LogP contribution in [0.25, 0.3) is 11.0 Å². The zero-order chi connectivity index (χ0) is 17.2. The summed E-state index contributed by atoms with van der Waals surface area (Å²) in [6.07, 6.45) is 6.45. The molecule has 0 atom stereocenters. The summed E-state index contributed by atoms with van der Waals surface area (Å²) in [5.74, 6) is 1.34. The van der Waals surface area contributed by atoms with Crippen LogP contribution in [0.3, 0.4) is 0 Å². The molecule has 6 heteroatoms. The van der Waals surface area contributed by atoms with Crippen molar-refractivity contribution in [1.82, 2.24) is 9.55 Å². The fourth-order valence-corrected chi connectivity index (χ4v) is 3.58. The molecule has 0 aliphatic heterocycles. The molecule has 1 aliphatic carbocycles. The van der Waals surface area contributed by atoms with Crippen LogP contribution in [0.5, 0.6) is 0 Å². The molecule has 0 amide bonds. The Morgan fingerprint density at radius 3 is 2.92 bits per heavy atom. The Kier molecular flexibility index (Phi) is 4.17. The van der Waals surface area contributed by atoms with Crippen LogP contribution in [-0.4, -0.2) is 22.6 Å². The number of hydrogen-bond donors (Lipinski definition) is 1. The number of rotatable bonds is 5. The van der Waals surface area contributed by atoms with Gasteiger partial charge in [-0.1, -0.05) is 12.8 Å². The molecule has 2 aromatic heterocycles. The van der Waals surface area contributed by atoms with Gasteiger partial charge in [0, 0.05) is 6.04 Å². The van der Waals surface area contributed by atoms with Crippen LogP contribution in [0, 0.1) is 0 Å². The molecule has 6 nitrogen and oxygen atoms in total. The van der Waals surface area contributed by atoms with Crippen LogP contribution in [0.1, 0.15) is 47.8 Å². The van der Waals surface area contributed by atoms with E-state index < -0.39 is 0 Å². The van der Waals surface area contributed by atoms with Crippen molar-refractivity contribution in [3.8, 4) is 0 Å². The minimum Gasteiger partial charge on any atom is -0.467 e. The monoisotopic (exact) mass is 339 g/mol. The lowest BCUT2D eigenvalue weighted by atomic mass is 10.2. The number of carbonyl (C=O) groups is 1. The van der Waals surface area contributed by atoms with Gasteiger partial charge in [-0.05, 0) is 43.2 Å². The first-order valence-electron chi connectivity index (χ1n) is 8.63. The van der Waals surface area contributed by atoms with Gasteiger partial charge in [-0.2, -0.15) is 0 Å². The second-order valence-corrected chi connectivity index (χ2v) is 6.37. The average molecular weight is 339 g/mol. The molecule has 3 aromatic rings. The van der Waals surface area contributed by atoms with E-state index >= 15 is 0 Å². The van der Waals surface area contributed by atoms with E-state index in [2.05, 4.69) is 9.88 Å². The number of carbonyl (C=O) groups excluding carboxylic acids is 1. The molecule has 0 bridgehead atoms. The van der Waals surface area contributed by atoms with Crippen molar-refractivity contribution < 1.29 is 13.9 Å². The van der Waals surface area contributed by atoms with Gasteiger partial charge in [0.25, 0.3) is 0 Å². The van der Waals surface area contributed by atoms with Gasteiger partial charge in [-0.15, -0.1) is 0 Å². The smallest absolute Gasteiger partial charge is 0.337 e. The highest BCUT2D eigenvalue weighted by atomic mass is 16.5. The Bertz CT molecular complexity index is 877. The highest BCUT2D eigenvalue weighted by Crippen LogP contribution is 2.35. The zero-order valence-electron chi connectivity index (χ0n) is 14.2. The van der Waals surface area contributed by atoms with Gasteiger partial charge in [-0.3, -0.25) is 0 Å². The molecule has 1 saturated carbocycles. The van der Waals surface area contributed by atoms with Crippen molar-refractivity contribution in [2.45, 2.75) is 38.3 Å². The normalized spacial score (nSPS) is 14.9. The minimum atomic E-state index is -0.345. The Morgan fingerprint density at radius 2 is 2.20 bits per heavy atom. The lowest BCUT2D eigenvalue weighted by molar-refractivity contribution is 0.0601. The van der Waals surface area contributed by atoms with Gasteiger partial charge < -0.3 is 19.0 Å². The van der Waals surface area contributed by atoms with Gasteiger partial charge >= 0.3 is 5.97 Å². The van der Waals surface area contributed by atoms with Crippen LogP contribution in [0.15, 0.2) is 41.0 Å². The lowest BCUT2D eigenvalue weighted by Gasteiger charge is -2.16. The summed E-state index contributed by atoms with van der Waals surface area (Å²) in [5.41, 5.74) is 2.36.